The van der Waals surface area contributed by atoms with Gasteiger partial charge in [-0.2, -0.15) is 18.2 Å². The molecule has 2 aromatic heterocycles. The van der Waals surface area contributed by atoms with Crippen molar-refractivity contribution >= 4 is 23.3 Å². The number of hydrogen-bond donors (Lipinski definition) is 2. The van der Waals surface area contributed by atoms with Crippen LogP contribution in [0.5, 0.6) is 0 Å². The second kappa shape index (κ2) is 8.48. The average molecular weight is 426 g/mol. The standard InChI is InChI=1S/C18H15ClF3N5O2/c1-10-26-17(29-27-10)12-4-2-11(3-5-12)16(28)24-7-6-23-15-14(19)8-13(9-25-15)18(20,21)22/h2-5,8-9H,6-7H2,1H3,(H,23,25)(H,24,28). The monoisotopic (exact) mass is 425 g/mol. The van der Waals surface area contributed by atoms with E-state index in [1.165, 1.54) is 0 Å². The molecule has 152 valence electrons. The molecule has 29 heavy (non-hydrogen) atoms. The number of aryl methyl sites for hydroxylation is 1. The summed E-state index contributed by atoms with van der Waals surface area (Å²) < 4.78 is 42.9. The highest BCUT2D eigenvalue weighted by molar-refractivity contribution is 6.32. The Morgan fingerprint density at radius 2 is 1.93 bits per heavy atom. The molecule has 1 aromatic carbocycles. The van der Waals surface area contributed by atoms with Crippen molar-refractivity contribution in [3.8, 4) is 11.5 Å². The molecule has 0 fully saturated rings. The number of rotatable bonds is 6. The number of aromatic nitrogens is 3. The first-order valence-electron chi connectivity index (χ1n) is 8.39. The fourth-order valence-electron chi connectivity index (χ4n) is 2.36. The molecule has 0 saturated heterocycles. The minimum atomic E-state index is -4.51. The summed E-state index contributed by atoms with van der Waals surface area (Å²) in [6, 6.07) is 7.40. The van der Waals surface area contributed by atoms with Crippen molar-refractivity contribution in [1.29, 1.82) is 0 Å². The van der Waals surface area contributed by atoms with Crippen molar-refractivity contribution in [2.24, 2.45) is 0 Å². The third kappa shape index (κ3) is 5.23. The molecule has 0 spiro atoms. The first kappa shape index (κ1) is 20.6. The molecule has 0 atom stereocenters. The minimum absolute atomic E-state index is 0.105. The number of carbonyl (C=O) groups excluding carboxylic acids is 1. The van der Waals surface area contributed by atoms with E-state index < -0.39 is 11.7 Å². The van der Waals surface area contributed by atoms with Gasteiger partial charge in [0.1, 0.15) is 5.82 Å². The van der Waals surface area contributed by atoms with Gasteiger partial charge in [0.25, 0.3) is 11.8 Å². The van der Waals surface area contributed by atoms with Gasteiger partial charge in [0.15, 0.2) is 5.82 Å². The van der Waals surface area contributed by atoms with Crippen LogP contribution in [0.3, 0.4) is 0 Å². The zero-order valence-electron chi connectivity index (χ0n) is 15.0. The third-order valence-corrected chi connectivity index (χ3v) is 4.08. The molecule has 3 aromatic rings. The molecule has 2 N–H and O–H groups in total. The van der Waals surface area contributed by atoms with E-state index in [0.717, 1.165) is 6.07 Å². The van der Waals surface area contributed by atoms with Crippen LogP contribution in [0, 0.1) is 6.92 Å². The summed E-state index contributed by atoms with van der Waals surface area (Å²) in [7, 11) is 0. The first-order valence-corrected chi connectivity index (χ1v) is 8.77. The number of nitrogens with zero attached hydrogens (tertiary/aromatic N) is 3. The Labute approximate surface area is 168 Å². The smallest absolute Gasteiger partial charge is 0.367 e. The van der Waals surface area contributed by atoms with Crippen molar-refractivity contribution in [3.05, 3.63) is 58.5 Å². The summed E-state index contributed by atoms with van der Waals surface area (Å²) in [5.74, 6) is 0.663. The van der Waals surface area contributed by atoms with Crippen LogP contribution in [0.4, 0.5) is 19.0 Å². The maximum absolute atomic E-state index is 12.6. The van der Waals surface area contributed by atoms with E-state index in [1.807, 2.05) is 0 Å². The third-order valence-electron chi connectivity index (χ3n) is 3.79. The molecule has 0 aliphatic rings. The van der Waals surface area contributed by atoms with Gasteiger partial charge >= 0.3 is 6.18 Å². The van der Waals surface area contributed by atoms with Gasteiger partial charge in [0, 0.05) is 30.4 Å². The molecule has 0 aliphatic heterocycles. The Morgan fingerprint density at radius 3 is 2.52 bits per heavy atom. The van der Waals surface area contributed by atoms with Crippen molar-refractivity contribution in [2.45, 2.75) is 13.1 Å². The molecule has 0 saturated carbocycles. The van der Waals surface area contributed by atoms with E-state index in [2.05, 4.69) is 25.8 Å². The predicted octanol–water partition coefficient (Wildman–Crippen LogP) is 3.95. The highest BCUT2D eigenvalue weighted by atomic mass is 35.5. The number of pyridine rings is 1. The number of halogens is 4. The molecule has 0 unspecified atom stereocenters. The van der Waals surface area contributed by atoms with Gasteiger partial charge in [0.05, 0.1) is 10.6 Å². The Morgan fingerprint density at radius 1 is 1.21 bits per heavy atom. The molecular formula is C18H15ClF3N5O2. The lowest BCUT2D eigenvalue weighted by Gasteiger charge is -2.11. The lowest BCUT2D eigenvalue weighted by molar-refractivity contribution is -0.137. The summed E-state index contributed by atoms with van der Waals surface area (Å²) in [6.07, 6.45) is -3.82. The summed E-state index contributed by atoms with van der Waals surface area (Å²) >= 11 is 5.81. The van der Waals surface area contributed by atoms with Gasteiger partial charge in [-0.3, -0.25) is 4.79 Å². The molecule has 2 heterocycles. The van der Waals surface area contributed by atoms with Gasteiger partial charge in [-0.15, -0.1) is 0 Å². The van der Waals surface area contributed by atoms with Crippen LogP contribution in [0.25, 0.3) is 11.5 Å². The number of anilines is 1. The van der Waals surface area contributed by atoms with Crippen molar-refractivity contribution in [1.82, 2.24) is 20.4 Å². The van der Waals surface area contributed by atoms with E-state index >= 15 is 0 Å². The average Bonchev–Trinajstić information content (AvgIpc) is 3.11. The SMILES string of the molecule is Cc1noc(-c2ccc(C(=O)NCCNc3ncc(C(F)(F)F)cc3Cl)cc2)n1. The lowest BCUT2D eigenvalue weighted by atomic mass is 10.1. The Hall–Kier alpha value is -3.14. The Kier molecular flexibility index (Phi) is 6.02. The molecular weight excluding hydrogens is 411 g/mol. The molecule has 1 amide bonds. The van der Waals surface area contributed by atoms with Gasteiger partial charge in [0.2, 0.25) is 0 Å². The summed E-state index contributed by atoms with van der Waals surface area (Å²) in [6.45, 7) is 2.14. The zero-order chi connectivity index (χ0) is 21.0. The number of benzene rings is 1. The maximum Gasteiger partial charge on any atom is 0.417 e. The fourth-order valence-corrected chi connectivity index (χ4v) is 2.59. The van der Waals surface area contributed by atoms with Crippen LogP contribution in [0.15, 0.2) is 41.1 Å². The van der Waals surface area contributed by atoms with Gasteiger partial charge < -0.3 is 15.2 Å². The van der Waals surface area contributed by atoms with E-state index in [1.54, 1.807) is 31.2 Å². The quantitative estimate of drug-likeness (QED) is 0.581. The number of alkyl halides is 3. The maximum atomic E-state index is 12.6. The van der Waals surface area contributed by atoms with Crippen LogP contribution >= 0.6 is 11.6 Å². The molecule has 0 aliphatic carbocycles. The summed E-state index contributed by atoms with van der Waals surface area (Å²) in [4.78, 5) is 19.9. The number of carbonyl (C=O) groups is 1. The van der Waals surface area contributed by atoms with E-state index in [4.69, 9.17) is 16.1 Å². The largest absolute Gasteiger partial charge is 0.417 e. The molecule has 7 nitrogen and oxygen atoms in total. The Balaban J connectivity index is 1.50. The molecule has 11 heteroatoms. The number of amides is 1. The lowest BCUT2D eigenvalue weighted by Crippen LogP contribution is -2.28. The fraction of sp³-hybridized carbons (Fsp3) is 0.222. The van der Waals surface area contributed by atoms with Gasteiger partial charge in [-0.05, 0) is 37.3 Å². The normalized spacial score (nSPS) is 11.3. The summed E-state index contributed by atoms with van der Waals surface area (Å²) in [5, 5.41) is 9.01. The van der Waals surface area contributed by atoms with Crippen molar-refractivity contribution < 1.29 is 22.5 Å². The zero-order valence-corrected chi connectivity index (χ0v) is 15.8. The molecule has 3 rings (SSSR count). The highest BCUT2D eigenvalue weighted by Gasteiger charge is 2.31. The van der Waals surface area contributed by atoms with Crippen molar-refractivity contribution in [3.63, 3.8) is 0 Å². The highest BCUT2D eigenvalue weighted by Crippen LogP contribution is 2.32. The second-order valence-electron chi connectivity index (χ2n) is 5.96. The van der Waals surface area contributed by atoms with E-state index in [9.17, 15) is 18.0 Å². The predicted molar refractivity (Wildman–Crippen MR) is 99.5 cm³/mol. The molecule has 0 radical (unpaired) electrons. The topological polar surface area (TPSA) is 92.9 Å². The second-order valence-corrected chi connectivity index (χ2v) is 6.37. The Bertz CT molecular complexity index is 1010. The van der Waals surface area contributed by atoms with Crippen molar-refractivity contribution in [2.75, 3.05) is 18.4 Å². The van der Waals surface area contributed by atoms with Crippen LogP contribution in [0.1, 0.15) is 21.7 Å². The van der Waals surface area contributed by atoms with Crippen LogP contribution < -0.4 is 10.6 Å². The first-order chi connectivity index (χ1) is 13.7. The van der Waals surface area contributed by atoms with E-state index in [-0.39, 0.29) is 29.8 Å². The summed E-state index contributed by atoms with van der Waals surface area (Å²) in [5.41, 5.74) is 0.183. The minimum Gasteiger partial charge on any atom is -0.367 e. The van der Waals surface area contributed by atoms with Crippen LogP contribution in [-0.4, -0.2) is 34.1 Å². The number of hydrogen-bond acceptors (Lipinski definition) is 6. The number of nitrogens with one attached hydrogen (secondary N) is 2. The van der Waals surface area contributed by atoms with Gasteiger partial charge in [-0.25, -0.2) is 4.98 Å². The van der Waals surface area contributed by atoms with Crippen LogP contribution in [0.2, 0.25) is 5.02 Å². The molecule has 0 bridgehead atoms. The van der Waals surface area contributed by atoms with Gasteiger partial charge in [-0.1, -0.05) is 16.8 Å². The van der Waals surface area contributed by atoms with E-state index in [0.29, 0.717) is 29.0 Å². The van der Waals surface area contributed by atoms with Crippen LogP contribution in [-0.2, 0) is 6.18 Å².